The lowest BCUT2D eigenvalue weighted by atomic mass is 10.3. The number of aryl methyl sites for hydroxylation is 2. The van der Waals surface area contributed by atoms with E-state index in [1.54, 1.807) is 11.3 Å². The second-order valence-electron chi connectivity index (χ2n) is 4.40. The van der Waals surface area contributed by atoms with Crippen molar-refractivity contribution in [3.8, 4) is 0 Å². The number of nitrogens with two attached hydrogens (primary N) is 1. The normalized spacial score (nSPS) is 10.8. The van der Waals surface area contributed by atoms with E-state index in [0.29, 0.717) is 24.7 Å². The lowest BCUT2D eigenvalue weighted by Gasteiger charge is -2.07. The van der Waals surface area contributed by atoms with Crippen LogP contribution in [0.4, 0.5) is 5.82 Å². The molecule has 0 bridgehead atoms. The number of nitrogens with one attached hydrogen (secondary N) is 2. The number of thiophene rings is 1. The Kier molecular flexibility index (Phi) is 4.86. The first-order valence-corrected chi connectivity index (χ1v) is 7.43. The smallest absolute Gasteiger partial charge is 0.239 e. The third-order valence-electron chi connectivity index (χ3n) is 2.79. The van der Waals surface area contributed by atoms with Gasteiger partial charge in [-0.25, -0.2) is 9.97 Å². The Labute approximate surface area is 121 Å². The standard InChI is InChI=1S/C13H19N5OS/c1-3-9-6-10-12(16-7-11(19)15-5-4-14)17-8(2)18-13(10)20-9/h6H,3-5,7,14H2,1-2H3,(H,15,19)(H,16,17,18). The summed E-state index contributed by atoms with van der Waals surface area (Å²) in [5.41, 5.74) is 5.34. The minimum absolute atomic E-state index is 0.0918. The van der Waals surface area contributed by atoms with E-state index in [1.807, 2.05) is 6.92 Å². The summed E-state index contributed by atoms with van der Waals surface area (Å²) in [4.78, 5) is 22.6. The van der Waals surface area contributed by atoms with Gasteiger partial charge in [0.2, 0.25) is 5.91 Å². The summed E-state index contributed by atoms with van der Waals surface area (Å²) in [6.45, 7) is 5.07. The number of nitrogens with zero attached hydrogens (tertiary/aromatic N) is 2. The van der Waals surface area contributed by atoms with Gasteiger partial charge in [0.25, 0.3) is 0 Å². The van der Waals surface area contributed by atoms with E-state index in [-0.39, 0.29) is 12.5 Å². The van der Waals surface area contributed by atoms with Crippen molar-refractivity contribution < 1.29 is 4.79 Å². The van der Waals surface area contributed by atoms with Crippen molar-refractivity contribution in [3.63, 3.8) is 0 Å². The molecule has 0 aliphatic carbocycles. The van der Waals surface area contributed by atoms with Gasteiger partial charge in [0.05, 0.1) is 11.9 Å². The molecule has 7 heteroatoms. The van der Waals surface area contributed by atoms with Gasteiger partial charge in [0, 0.05) is 18.0 Å². The van der Waals surface area contributed by atoms with Gasteiger partial charge in [0.1, 0.15) is 16.5 Å². The Morgan fingerprint density at radius 2 is 2.25 bits per heavy atom. The largest absolute Gasteiger partial charge is 0.360 e. The molecule has 2 heterocycles. The molecule has 0 spiro atoms. The number of carbonyl (C=O) groups excluding carboxylic acids is 1. The highest BCUT2D eigenvalue weighted by atomic mass is 32.1. The third kappa shape index (κ3) is 3.43. The summed E-state index contributed by atoms with van der Waals surface area (Å²) >= 11 is 1.67. The fourth-order valence-electron chi connectivity index (χ4n) is 1.83. The first-order chi connectivity index (χ1) is 9.63. The fourth-order valence-corrected chi connectivity index (χ4v) is 2.84. The lowest BCUT2D eigenvalue weighted by molar-refractivity contribution is -0.119. The molecule has 1 amide bonds. The Morgan fingerprint density at radius 1 is 1.45 bits per heavy atom. The van der Waals surface area contributed by atoms with Crippen molar-refractivity contribution in [2.24, 2.45) is 5.73 Å². The number of hydrogen-bond donors (Lipinski definition) is 3. The van der Waals surface area contributed by atoms with Crippen LogP contribution in [0.15, 0.2) is 6.07 Å². The predicted octanol–water partition coefficient (Wildman–Crippen LogP) is 1.05. The maximum atomic E-state index is 11.6. The molecule has 4 N–H and O–H groups in total. The molecule has 0 saturated heterocycles. The zero-order chi connectivity index (χ0) is 14.5. The molecular weight excluding hydrogens is 274 g/mol. The quantitative estimate of drug-likeness (QED) is 0.740. The van der Waals surface area contributed by atoms with Gasteiger partial charge in [-0.15, -0.1) is 11.3 Å². The third-order valence-corrected chi connectivity index (χ3v) is 3.96. The summed E-state index contributed by atoms with van der Waals surface area (Å²) in [7, 11) is 0. The highest BCUT2D eigenvalue weighted by Crippen LogP contribution is 2.29. The molecule has 6 nitrogen and oxygen atoms in total. The summed E-state index contributed by atoms with van der Waals surface area (Å²) in [6.07, 6.45) is 0.969. The van der Waals surface area contributed by atoms with Crippen LogP contribution in [0.5, 0.6) is 0 Å². The highest BCUT2D eigenvalue weighted by Gasteiger charge is 2.10. The van der Waals surface area contributed by atoms with Crippen molar-refractivity contribution in [1.82, 2.24) is 15.3 Å². The Bertz CT molecular complexity index is 610. The van der Waals surface area contributed by atoms with Crippen molar-refractivity contribution in [2.75, 3.05) is 25.0 Å². The molecule has 20 heavy (non-hydrogen) atoms. The zero-order valence-electron chi connectivity index (χ0n) is 11.7. The van der Waals surface area contributed by atoms with Crippen LogP contribution >= 0.6 is 11.3 Å². The molecule has 0 aliphatic heterocycles. The van der Waals surface area contributed by atoms with Crippen molar-refractivity contribution >= 4 is 33.3 Å². The second kappa shape index (κ2) is 6.62. The summed E-state index contributed by atoms with van der Waals surface area (Å²) in [6, 6.07) is 2.08. The molecule has 2 aromatic heterocycles. The molecule has 2 rings (SSSR count). The van der Waals surface area contributed by atoms with Crippen molar-refractivity contribution in [2.45, 2.75) is 20.3 Å². The van der Waals surface area contributed by atoms with Crippen LogP contribution in [-0.4, -0.2) is 35.5 Å². The van der Waals surface area contributed by atoms with Crippen LogP contribution in [0.3, 0.4) is 0 Å². The van der Waals surface area contributed by atoms with Crippen molar-refractivity contribution in [1.29, 1.82) is 0 Å². The molecule has 0 saturated carbocycles. The number of anilines is 1. The number of aromatic nitrogens is 2. The molecule has 0 radical (unpaired) electrons. The van der Waals surface area contributed by atoms with E-state index in [2.05, 4.69) is 33.6 Å². The van der Waals surface area contributed by atoms with E-state index in [1.165, 1.54) is 4.88 Å². The predicted molar refractivity (Wildman–Crippen MR) is 82.1 cm³/mol. The minimum atomic E-state index is -0.0918. The van der Waals surface area contributed by atoms with Crippen LogP contribution in [0.25, 0.3) is 10.2 Å². The molecule has 0 fully saturated rings. The van der Waals surface area contributed by atoms with Crippen LogP contribution in [-0.2, 0) is 11.2 Å². The number of hydrogen-bond acceptors (Lipinski definition) is 6. The van der Waals surface area contributed by atoms with E-state index in [4.69, 9.17) is 5.73 Å². The summed E-state index contributed by atoms with van der Waals surface area (Å²) < 4.78 is 0. The molecule has 0 unspecified atom stereocenters. The number of rotatable bonds is 6. The maximum absolute atomic E-state index is 11.6. The van der Waals surface area contributed by atoms with Gasteiger partial charge in [-0.1, -0.05) is 6.92 Å². The first-order valence-electron chi connectivity index (χ1n) is 6.61. The van der Waals surface area contributed by atoms with Gasteiger partial charge >= 0.3 is 0 Å². The highest BCUT2D eigenvalue weighted by molar-refractivity contribution is 7.18. The lowest BCUT2D eigenvalue weighted by Crippen LogP contribution is -2.33. The van der Waals surface area contributed by atoms with Gasteiger partial charge in [-0.3, -0.25) is 4.79 Å². The molecule has 0 aromatic carbocycles. The first kappa shape index (κ1) is 14.7. The summed E-state index contributed by atoms with van der Waals surface area (Å²) in [5, 5.41) is 6.77. The average molecular weight is 293 g/mol. The molecule has 0 aliphatic rings. The van der Waals surface area contributed by atoms with Crippen LogP contribution in [0.2, 0.25) is 0 Å². The average Bonchev–Trinajstić information content (AvgIpc) is 2.85. The minimum Gasteiger partial charge on any atom is -0.360 e. The van der Waals surface area contributed by atoms with Gasteiger partial charge in [-0.2, -0.15) is 0 Å². The SMILES string of the molecule is CCc1cc2c(NCC(=O)NCCN)nc(C)nc2s1. The number of fused-ring (bicyclic) bond motifs is 1. The van der Waals surface area contributed by atoms with Crippen LogP contribution < -0.4 is 16.4 Å². The monoisotopic (exact) mass is 293 g/mol. The van der Waals surface area contributed by atoms with Crippen LogP contribution in [0.1, 0.15) is 17.6 Å². The Morgan fingerprint density at radius 3 is 2.95 bits per heavy atom. The molecule has 108 valence electrons. The number of amides is 1. The topological polar surface area (TPSA) is 92.9 Å². The molecule has 2 aromatic rings. The van der Waals surface area contributed by atoms with Gasteiger partial charge in [-0.05, 0) is 19.4 Å². The van der Waals surface area contributed by atoms with E-state index in [0.717, 1.165) is 16.6 Å². The van der Waals surface area contributed by atoms with Gasteiger partial charge in [0.15, 0.2) is 0 Å². The van der Waals surface area contributed by atoms with Gasteiger partial charge < -0.3 is 16.4 Å². The second-order valence-corrected chi connectivity index (χ2v) is 5.51. The zero-order valence-corrected chi connectivity index (χ0v) is 12.5. The number of carbonyl (C=O) groups is 1. The molecule has 0 atom stereocenters. The maximum Gasteiger partial charge on any atom is 0.239 e. The van der Waals surface area contributed by atoms with E-state index in [9.17, 15) is 4.79 Å². The summed E-state index contributed by atoms with van der Waals surface area (Å²) in [5.74, 6) is 1.32. The van der Waals surface area contributed by atoms with Crippen LogP contribution in [0, 0.1) is 6.92 Å². The van der Waals surface area contributed by atoms with E-state index < -0.39 is 0 Å². The Hall–Kier alpha value is -1.73. The van der Waals surface area contributed by atoms with Crippen molar-refractivity contribution in [3.05, 3.63) is 16.8 Å². The Balaban J connectivity index is 2.16. The fraction of sp³-hybridized carbons (Fsp3) is 0.462. The van der Waals surface area contributed by atoms with E-state index >= 15 is 0 Å². The molecular formula is C13H19N5OS.